The quantitative estimate of drug-likeness (QED) is 0.175. The van der Waals surface area contributed by atoms with E-state index in [2.05, 4.69) is 43.1 Å². The van der Waals surface area contributed by atoms with Crippen molar-refractivity contribution in [1.82, 2.24) is 39.5 Å². The average Bonchev–Trinajstić information content (AvgIpc) is 3.80. The van der Waals surface area contributed by atoms with E-state index in [1.165, 1.54) is 5.56 Å². The van der Waals surface area contributed by atoms with Gasteiger partial charge in [0.25, 0.3) is 5.91 Å². The van der Waals surface area contributed by atoms with E-state index in [9.17, 15) is 19.2 Å². The number of nitrogens with one attached hydrogen (secondary N) is 3. The van der Waals surface area contributed by atoms with Crippen molar-refractivity contribution in [2.24, 2.45) is 0 Å². The van der Waals surface area contributed by atoms with Crippen molar-refractivity contribution in [2.45, 2.75) is 76.5 Å². The number of benzene rings is 2. The molecule has 3 aliphatic heterocycles. The average molecular weight is 747 g/mol. The molecule has 0 bridgehead atoms. The number of imide groups is 1. The molecule has 0 spiro atoms. The predicted molar refractivity (Wildman–Crippen MR) is 206 cm³/mol. The smallest absolute Gasteiger partial charge is 0.259 e. The Bertz CT molecular complexity index is 2210. The van der Waals surface area contributed by atoms with E-state index in [-0.39, 0.29) is 35.8 Å². The van der Waals surface area contributed by atoms with E-state index in [0.29, 0.717) is 61.0 Å². The van der Waals surface area contributed by atoms with Crippen LogP contribution in [0.25, 0.3) is 16.6 Å². The predicted octanol–water partition coefficient (Wildman–Crippen LogP) is 4.38. The summed E-state index contributed by atoms with van der Waals surface area (Å²) >= 11 is 0. The molecule has 8 rings (SSSR count). The Labute approximate surface area is 318 Å². The van der Waals surface area contributed by atoms with Crippen LogP contribution >= 0.6 is 0 Å². The van der Waals surface area contributed by atoms with Crippen LogP contribution in [0.5, 0.6) is 5.75 Å². The number of nitrogens with zero attached hydrogens (tertiary/aromatic N) is 7. The van der Waals surface area contributed by atoms with Crippen LogP contribution in [0, 0.1) is 0 Å². The minimum atomic E-state index is -0.399. The first-order chi connectivity index (χ1) is 26.7. The molecular weight excluding hydrogens is 701 g/mol. The fourth-order valence-electron chi connectivity index (χ4n) is 7.87. The molecule has 1 unspecified atom stereocenters. The molecule has 3 N–H and O–H groups in total. The number of hydrogen-bond acceptors (Lipinski definition) is 10. The van der Waals surface area contributed by atoms with Gasteiger partial charge in [-0.15, -0.1) is 0 Å². The Balaban J connectivity index is 0.835. The lowest BCUT2D eigenvalue weighted by molar-refractivity contribution is -0.135. The number of carbonyl (C=O) groups is 4. The first kappa shape index (κ1) is 36.2. The van der Waals surface area contributed by atoms with Crippen LogP contribution in [0.15, 0.2) is 67.3 Å². The highest BCUT2D eigenvalue weighted by Crippen LogP contribution is 2.32. The van der Waals surface area contributed by atoms with Gasteiger partial charge in [-0.3, -0.25) is 34.1 Å². The van der Waals surface area contributed by atoms with Crippen LogP contribution in [0.2, 0.25) is 0 Å². The number of carbonyl (C=O) groups excluding carboxylic acids is 4. The van der Waals surface area contributed by atoms with Crippen LogP contribution in [0.1, 0.15) is 80.3 Å². The number of amides is 4. The Morgan fingerprint density at radius 2 is 1.78 bits per heavy atom. The van der Waals surface area contributed by atoms with E-state index in [1.807, 2.05) is 53.9 Å². The molecule has 5 aromatic rings. The van der Waals surface area contributed by atoms with Crippen molar-refractivity contribution in [3.63, 3.8) is 0 Å². The summed E-state index contributed by atoms with van der Waals surface area (Å²) in [6.07, 6.45) is 11.2. The summed E-state index contributed by atoms with van der Waals surface area (Å²) < 4.78 is 9.66. The van der Waals surface area contributed by atoms with Gasteiger partial charge in [-0.05, 0) is 94.8 Å². The summed E-state index contributed by atoms with van der Waals surface area (Å²) in [5.74, 6) is 0.224. The second-order valence-corrected chi connectivity index (χ2v) is 15.0. The van der Waals surface area contributed by atoms with Crippen LogP contribution in [0.4, 0.5) is 11.4 Å². The molecule has 3 saturated heterocycles. The van der Waals surface area contributed by atoms with Crippen molar-refractivity contribution in [1.29, 1.82) is 0 Å². The second kappa shape index (κ2) is 15.5. The summed E-state index contributed by atoms with van der Waals surface area (Å²) in [5.41, 5.74) is 4.33. The molecule has 0 aliphatic carbocycles. The molecule has 3 aliphatic rings. The third-order valence-corrected chi connectivity index (χ3v) is 10.9. The molecule has 15 nitrogen and oxygen atoms in total. The van der Waals surface area contributed by atoms with Crippen LogP contribution in [-0.2, 0) is 14.4 Å². The number of fused-ring (bicyclic) bond motifs is 2. The van der Waals surface area contributed by atoms with Gasteiger partial charge >= 0.3 is 0 Å². The Hall–Kier alpha value is -5.83. The molecule has 3 fully saturated rings. The lowest BCUT2D eigenvalue weighted by Gasteiger charge is -2.36. The number of likely N-dealkylation sites (tertiary alicyclic amines) is 2. The number of hydrogen-bond donors (Lipinski definition) is 3. The van der Waals surface area contributed by atoms with E-state index < -0.39 is 6.04 Å². The van der Waals surface area contributed by atoms with E-state index in [0.717, 1.165) is 55.4 Å². The zero-order chi connectivity index (χ0) is 38.1. The maximum absolute atomic E-state index is 13.6. The minimum absolute atomic E-state index is 0.134. The molecule has 2 aromatic carbocycles. The fraction of sp³-hybridized carbons (Fsp3) is 0.425. The van der Waals surface area contributed by atoms with Gasteiger partial charge in [0, 0.05) is 55.2 Å². The normalized spacial score (nSPS) is 18.9. The Kier molecular flexibility index (Phi) is 10.2. The van der Waals surface area contributed by atoms with E-state index in [4.69, 9.17) is 9.84 Å². The van der Waals surface area contributed by atoms with Crippen LogP contribution in [0.3, 0.4) is 0 Å². The van der Waals surface area contributed by atoms with Gasteiger partial charge in [0.15, 0.2) is 5.65 Å². The summed E-state index contributed by atoms with van der Waals surface area (Å²) in [4.78, 5) is 59.1. The molecule has 3 aromatic heterocycles. The van der Waals surface area contributed by atoms with E-state index >= 15 is 0 Å². The van der Waals surface area contributed by atoms with Crippen molar-refractivity contribution < 1.29 is 23.9 Å². The third kappa shape index (κ3) is 8.02. The molecule has 4 amide bonds. The standard InChI is InChI=1S/C40H46N10O5/c1-25(2)55-35-21-33-28(20-31(35)39(53)44-34-22-42-49-15-3-14-41-38(34)49)23-50(46-33)30-12-18-48(19-13-30)37(52)24-47-16-10-27(11-17-47)26-4-6-29(7-5-26)43-32-8-9-36(51)45-40(32)54/h3-7,14-15,20-23,25,27,30,32,43H,8-13,16-19,24H2,1-2H3,(H,44,53)(H,45,51,54). The fourth-order valence-corrected chi connectivity index (χ4v) is 7.87. The van der Waals surface area contributed by atoms with Crippen molar-refractivity contribution in [2.75, 3.05) is 43.4 Å². The highest BCUT2D eigenvalue weighted by molar-refractivity contribution is 6.09. The highest BCUT2D eigenvalue weighted by atomic mass is 16.5. The lowest BCUT2D eigenvalue weighted by atomic mass is 9.89. The van der Waals surface area contributed by atoms with E-state index in [1.54, 1.807) is 29.2 Å². The molecule has 286 valence electrons. The summed E-state index contributed by atoms with van der Waals surface area (Å²) in [6, 6.07) is 13.4. The third-order valence-electron chi connectivity index (χ3n) is 10.9. The number of aromatic nitrogens is 5. The molecule has 1 atom stereocenters. The molecule has 15 heteroatoms. The Morgan fingerprint density at radius 1 is 1.00 bits per heavy atom. The van der Waals surface area contributed by atoms with Crippen molar-refractivity contribution in [3.8, 4) is 5.75 Å². The van der Waals surface area contributed by atoms with Crippen LogP contribution in [-0.4, -0.2) is 103 Å². The highest BCUT2D eigenvalue weighted by Gasteiger charge is 2.29. The number of piperidine rings is 3. The van der Waals surface area contributed by atoms with Gasteiger partial charge in [-0.25, -0.2) is 9.50 Å². The lowest BCUT2D eigenvalue weighted by Crippen LogP contribution is -2.47. The maximum atomic E-state index is 13.6. The maximum Gasteiger partial charge on any atom is 0.259 e. The topological polar surface area (TPSA) is 168 Å². The number of ether oxygens (including phenoxy) is 1. The zero-order valence-electron chi connectivity index (χ0n) is 31.1. The van der Waals surface area contributed by atoms with Gasteiger partial charge in [0.05, 0.1) is 36.0 Å². The molecular formula is C40H46N10O5. The van der Waals surface area contributed by atoms with Gasteiger partial charge in [-0.1, -0.05) is 12.1 Å². The largest absolute Gasteiger partial charge is 0.490 e. The minimum Gasteiger partial charge on any atom is -0.490 e. The summed E-state index contributed by atoms with van der Waals surface area (Å²) in [7, 11) is 0. The molecule has 6 heterocycles. The first-order valence-electron chi connectivity index (χ1n) is 19.2. The molecule has 55 heavy (non-hydrogen) atoms. The SMILES string of the molecule is CC(C)Oc1cc2nn(C3CCN(C(=O)CN4CCC(c5ccc(NC6CCC(=O)NC6=O)cc5)CC4)CC3)cc2cc1C(=O)Nc1cnn2cccnc12. The zero-order valence-corrected chi connectivity index (χ0v) is 31.1. The van der Waals surface area contributed by atoms with Gasteiger partial charge in [0.1, 0.15) is 17.5 Å². The van der Waals surface area contributed by atoms with Gasteiger partial charge in [-0.2, -0.15) is 10.2 Å². The van der Waals surface area contributed by atoms with Gasteiger partial charge < -0.3 is 20.3 Å². The molecule has 0 saturated carbocycles. The van der Waals surface area contributed by atoms with Crippen molar-refractivity contribution >= 4 is 51.6 Å². The first-order valence-corrected chi connectivity index (χ1v) is 19.2. The number of rotatable bonds is 10. The number of anilines is 2. The van der Waals surface area contributed by atoms with Gasteiger partial charge in [0.2, 0.25) is 17.7 Å². The summed E-state index contributed by atoms with van der Waals surface area (Å²) in [6.45, 7) is 7.32. The summed E-state index contributed by atoms with van der Waals surface area (Å²) in [5, 5.41) is 18.6. The molecule has 0 radical (unpaired) electrons. The van der Waals surface area contributed by atoms with Crippen LogP contribution < -0.4 is 20.7 Å². The Morgan fingerprint density at radius 3 is 2.53 bits per heavy atom. The second-order valence-electron chi connectivity index (χ2n) is 15.0. The monoisotopic (exact) mass is 746 g/mol. The van der Waals surface area contributed by atoms with Crippen molar-refractivity contribution in [3.05, 3.63) is 78.4 Å².